The third kappa shape index (κ3) is 4.81. The molecule has 4 aliphatic carbocycles. The number of hydrogen-bond donors (Lipinski definition) is 4. The molecule has 4 aliphatic rings. The van der Waals surface area contributed by atoms with E-state index in [9.17, 15) is 24.9 Å². The number of unbranched alkanes of at least 4 members (excludes halogenated alkanes) is 3. The summed E-state index contributed by atoms with van der Waals surface area (Å²) in [5.41, 5.74) is 5.42. The van der Waals surface area contributed by atoms with Crippen molar-refractivity contribution in [1.82, 2.24) is 0 Å². The largest absolute Gasteiger partial charge is 0.457 e. The maximum Gasteiger partial charge on any atom is 0.323 e. The van der Waals surface area contributed by atoms with Crippen LogP contribution in [0.15, 0.2) is 47.6 Å². The maximum atomic E-state index is 13.4. The lowest BCUT2D eigenvalue weighted by Gasteiger charge is -2.50. The first-order chi connectivity index (χ1) is 19.7. The fourth-order valence-electron chi connectivity index (χ4n) is 8.77. The highest BCUT2D eigenvalue weighted by atomic mass is 16.6. The van der Waals surface area contributed by atoms with E-state index in [0.717, 1.165) is 32.1 Å². The molecular weight excluding hydrogens is 530 g/mol. The number of benzene rings is 1. The Balaban J connectivity index is 1.24. The SMILES string of the molecule is CC1=C[C@H]2[C@@]3(O)[C@H](C)C[C@]4(OC(=O)C(N)CCCCCCc5ccc(C)cc5)[C@H]([C@@H]3C=C(CO)C[C@]2(O)C1=O)C4(C)C. The Bertz CT molecular complexity index is 1280. The van der Waals surface area contributed by atoms with Gasteiger partial charge in [0.25, 0.3) is 0 Å². The second-order valence-corrected chi connectivity index (χ2v) is 14.3. The van der Waals surface area contributed by atoms with Crippen LogP contribution in [0, 0.1) is 36.0 Å². The lowest BCUT2D eigenvalue weighted by Crippen LogP contribution is -2.61. The van der Waals surface area contributed by atoms with Crippen LogP contribution < -0.4 is 5.73 Å². The van der Waals surface area contributed by atoms with Crippen molar-refractivity contribution < 1.29 is 29.6 Å². The summed E-state index contributed by atoms with van der Waals surface area (Å²) in [6.07, 6.45) is 9.59. The molecule has 7 heteroatoms. The zero-order chi connectivity index (χ0) is 30.7. The van der Waals surface area contributed by atoms with Gasteiger partial charge in [-0.25, -0.2) is 0 Å². The number of carbonyl (C=O) groups is 2. The number of aliphatic hydroxyl groups excluding tert-OH is 1. The maximum absolute atomic E-state index is 13.4. The lowest BCUT2D eigenvalue weighted by atomic mass is 9.60. The number of ketones is 1. The predicted molar refractivity (Wildman–Crippen MR) is 161 cm³/mol. The van der Waals surface area contributed by atoms with Crippen molar-refractivity contribution in [3.8, 4) is 0 Å². The molecule has 0 aromatic heterocycles. The Morgan fingerprint density at radius 1 is 1.07 bits per heavy atom. The topological polar surface area (TPSA) is 130 Å². The summed E-state index contributed by atoms with van der Waals surface area (Å²) in [6.45, 7) is 9.45. The molecule has 42 heavy (non-hydrogen) atoms. The average Bonchev–Trinajstić information content (AvgIpc) is 3.35. The summed E-state index contributed by atoms with van der Waals surface area (Å²) < 4.78 is 6.32. The van der Waals surface area contributed by atoms with Crippen molar-refractivity contribution in [2.45, 2.75) is 109 Å². The Morgan fingerprint density at radius 2 is 1.74 bits per heavy atom. The van der Waals surface area contributed by atoms with Crippen molar-refractivity contribution in [1.29, 1.82) is 0 Å². The third-order valence-corrected chi connectivity index (χ3v) is 11.3. The number of Topliss-reactive ketones (excluding diaryl/α,β-unsaturated/α-hetero) is 1. The van der Waals surface area contributed by atoms with Gasteiger partial charge in [0.1, 0.15) is 17.2 Å². The number of rotatable bonds is 10. The molecule has 0 amide bonds. The van der Waals surface area contributed by atoms with Crippen LogP contribution in [0.25, 0.3) is 0 Å². The first kappa shape index (κ1) is 31.1. The van der Waals surface area contributed by atoms with Crippen LogP contribution in [0.5, 0.6) is 0 Å². The quantitative estimate of drug-likeness (QED) is 0.184. The number of aliphatic hydroxyl groups is 3. The molecule has 230 valence electrons. The van der Waals surface area contributed by atoms with Crippen molar-refractivity contribution in [3.63, 3.8) is 0 Å². The molecule has 8 atom stereocenters. The highest BCUT2D eigenvalue weighted by Gasteiger charge is 2.83. The second kappa shape index (κ2) is 11.0. The van der Waals surface area contributed by atoms with Gasteiger partial charge in [-0.15, -0.1) is 0 Å². The van der Waals surface area contributed by atoms with Crippen LogP contribution in [0.2, 0.25) is 0 Å². The number of nitrogens with two attached hydrogens (primary N) is 1. The molecule has 7 nitrogen and oxygen atoms in total. The van der Waals surface area contributed by atoms with Crippen molar-refractivity contribution in [2.24, 2.45) is 34.8 Å². The van der Waals surface area contributed by atoms with E-state index in [2.05, 4.69) is 31.2 Å². The molecule has 0 saturated heterocycles. The highest BCUT2D eigenvalue weighted by Crippen LogP contribution is 2.76. The smallest absolute Gasteiger partial charge is 0.323 e. The van der Waals surface area contributed by atoms with Crippen LogP contribution in [0.4, 0.5) is 0 Å². The minimum absolute atomic E-state index is 0.0256. The van der Waals surface area contributed by atoms with Crippen LogP contribution in [0.3, 0.4) is 0 Å². The zero-order valence-electron chi connectivity index (χ0n) is 25.9. The summed E-state index contributed by atoms with van der Waals surface area (Å²) in [5.74, 6) is -2.75. The average molecular weight is 580 g/mol. The van der Waals surface area contributed by atoms with Gasteiger partial charge < -0.3 is 25.8 Å². The predicted octanol–water partition coefficient (Wildman–Crippen LogP) is 4.34. The van der Waals surface area contributed by atoms with Crippen molar-refractivity contribution in [3.05, 3.63) is 58.7 Å². The number of ether oxygens (including phenoxy) is 1. The number of fused-ring (bicyclic) bond motifs is 5. The van der Waals surface area contributed by atoms with E-state index in [0.29, 0.717) is 24.0 Å². The van der Waals surface area contributed by atoms with Crippen LogP contribution in [-0.4, -0.2) is 56.5 Å². The molecule has 5 N–H and O–H groups in total. The van der Waals surface area contributed by atoms with E-state index in [1.54, 1.807) is 13.0 Å². The number of hydrogen-bond acceptors (Lipinski definition) is 7. The van der Waals surface area contributed by atoms with E-state index in [4.69, 9.17) is 10.5 Å². The number of esters is 1. The highest BCUT2D eigenvalue weighted by molar-refractivity contribution is 6.04. The molecule has 0 aliphatic heterocycles. The molecule has 0 heterocycles. The molecule has 1 aromatic rings. The van der Waals surface area contributed by atoms with Crippen LogP contribution in [-0.2, 0) is 20.7 Å². The van der Waals surface area contributed by atoms with Gasteiger partial charge in [-0.05, 0) is 62.2 Å². The minimum atomic E-state index is -1.80. The van der Waals surface area contributed by atoms with Gasteiger partial charge in [0.05, 0.1) is 12.2 Å². The van der Waals surface area contributed by atoms with Crippen molar-refractivity contribution in [2.75, 3.05) is 6.61 Å². The second-order valence-electron chi connectivity index (χ2n) is 14.3. The lowest BCUT2D eigenvalue weighted by molar-refractivity contribution is -0.187. The van der Waals surface area contributed by atoms with Gasteiger partial charge in [-0.3, -0.25) is 9.59 Å². The molecule has 1 unspecified atom stereocenters. The molecular formula is C35H49NO6. The van der Waals surface area contributed by atoms with Gasteiger partial charge >= 0.3 is 5.97 Å². The third-order valence-electron chi connectivity index (χ3n) is 11.3. The first-order valence-electron chi connectivity index (χ1n) is 15.7. The number of carbonyl (C=O) groups excluding carboxylic acids is 2. The van der Waals surface area contributed by atoms with Crippen molar-refractivity contribution >= 4 is 11.8 Å². The van der Waals surface area contributed by atoms with Crippen LogP contribution >= 0.6 is 0 Å². The van der Waals surface area contributed by atoms with E-state index in [1.165, 1.54) is 11.1 Å². The summed E-state index contributed by atoms with van der Waals surface area (Å²) in [5, 5.41) is 34.3. The van der Waals surface area contributed by atoms with Gasteiger partial charge in [0.15, 0.2) is 5.78 Å². The standard InChI is InChI=1S/C35H49NO6/c1-21-12-14-24(15-13-21)10-8-6-7-9-11-27(36)31(39)42-34-18-23(3)35(41)26(29(34)32(34,4)5)17-25(20-37)19-33(40)28(35)16-22(2)30(33)38/h12-17,23,26-29,37,40-41H,6-11,18-20,36H2,1-5H3/t23-,26+,27?,28-,29-,33-,34+,35-/m1/s1. The normalized spacial score (nSPS) is 37.0. The van der Waals surface area contributed by atoms with Gasteiger partial charge in [-0.1, -0.05) is 82.0 Å². The Hall–Kier alpha value is -2.32. The van der Waals surface area contributed by atoms with E-state index >= 15 is 0 Å². The number of aryl methyl sites for hydroxylation is 2. The fourth-order valence-corrected chi connectivity index (χ4v) is 8.77. The Labute approximate surface area is 250 Å². The monoisotopic (exact) mass is 579 g/mol. The molecule has 0 radical (unpaired) electrons. The summed E-state index contributed by atoms with van der Waals surface area (Å²) in [4.78, 5) is 26.5. The molecule has 5 rings (SSSR count). The van der Waals surface area contributed by atoms with Gasteiger partial charge in [0, 0.05) is 29.6 Å². The minimum Gasteiger partial charge on any atom is -0.457 e. The van der Waals surface area contributed by atoms with Gasteiger partial charge in [0.2, 0.25) is 0 Å². The summed E-state index contributed by atoms with van der Waals surface area (Å²) >= 11 is 0. The van der Waals surface area contributed by atoms with Gasteiger partial charge in [-0.2, -0.15) is 0 Å². The van der Waals surface area contributed by atoms with E-state index in [-0.39, 0.29) is 24.9 Å². The molecule has 1 aromatic carbocycles. The molecule has 2 saturated carbocycles. The zero-order valence-corrected chi connectivity index (χ0v) is 25.9. The summed E-state index contributed by atoms with van der Waals surface area (Å²) in [6, 6.07) is 7.93. The fraction of sp³-hybridized carbons (Fsp3) is 0.657. The molecule has 2 fully saturated rings. The summed E-state index contributed by atoms with van der Waals surface area (Å²) in [7, 11) is 0. The molecule has 0 spiro atoms. The first-order valence-corrected chi connectivity index (χ1v) is 15.7. The van der Waals surface area contributed by atoms with E-state index in [1.807, 2.05) is 26.8 Å². The Morgan fingerprint density at radius 3 is 2.40 bits per heavy atom. The molecule has 0 bridgehead atoms. The van der Waals surface area contributed by atoms with Crippen LogP contribution in [0.1, 0.15) is 83.8 Å². The Kier molecular flexibility index (Phi) is 8.14. The van der Waals surface area contributed by atoms with E-state index < -0.39 is 51.8 Å².